The van der Waals surface area contributed by atoms with Crippen molar-refractivity contribution in [1.29, 1.82) is 0 Å². The summed E-state index contributed by atoms with van der Waals surface area (Å²) in [4.78, 5) is 18.6. The fourth-order valence-corrected chi connectivity index (χ4v) is 3.46. The molecule has 1 fully saturated rings. The van der Waals surface area contributed by atoms with Crippen LogP contribution in [0.3, 0.4) is 0 Å². The summed E-state index contributed by atoms with van der Waals surface area (Å²) in [6, 6.07) is 5.57. The van der Waals surface area contributed by atoms with Gasteiger partial charge in [0.2, 0.25) is 5.91 Å². The minimum absolute atomic E-state index is 0.00567. The molecule has 3 N–H and O–H groups in total. The lowest BCUT2D eigenvalue weighted by atomic mass is 10.2. The molecule has 1 saturated heterocycles. The molecule has 0 aliphatic carbocycles. The normalized spacial score (nSPS) is 19.6. The highest BCUT2D eigenvalue weighted by molar-refractivity contribution is 7.22. The molecule has 1 aliphatic rings. The van der Waals surface area contributed by atoms with Crippen molar-refractivity contribution >= 4 is 38.3 Å². The molecule has 2 heterocycles. The Balaban J connectivity index is 1.65. The molecule has 1 unspecified atom stereocenters. The zero-order valence-electron chi connectivity index (χ0n) is 11.4. The van der Waals surface area contributed by atoms with Gasteiger partial charge in [0, 0.05) is 12.2 Å². The minimum atomic E-state index is 0.00567. The highest BCUT2D eigenvalue weighted by Crippen LogP contribution is 2.27. The maximum absolute atomic E-state index is 12.0. The molecule has 0 radical (unpaired) electrons. The maximum Gasteiger partial charge on any atom is 0.240 e. The van der Waals surface area contributed by atoms with E-state index in [4.69, 9.17) is 5.73 Å². The first-order valence-corrected chi connectivity index (χ1v) is 7.60. The largest absolute Gasteiger partial charge is 0.399 e. The van der Waals surface area contributed by atoms with Gasteiger partial charge in [-0.1, -0.05) is 18.3 Å². The van der Waals surface area contributed by atoms with E-state index in [0.29, 0.717) is 23.3 Å². The third-order valence-corrected chi connectivity index (χ3v) is 4.47. The number of anilines is 2. The Morgan fingerprint density at radius 2 is 2.45 bits per heavy atom. The summed E-state index contributed by atoms with van der Waals surface area (Å²) in [6.07, 6.45) is 1.17. The Hall–Kier alpha value is -1.66. The Labute approximate surface area is 121 Å². The Kier molecular flexibility index (Phi) is 3.58. The van der Waals surface area contributed by atoms with Crippen LogP contribution in [0.15, 0.2) is 18.2 Å². The molecule has 0 bridgehead atoms. The Bertz CT molecular complexity index is 639. The summed E-state index contributed by atoms with van der Waals surface area (Å²) in [7, 11) is 0. The van der Waals surface area contributed by atoms with Crippen molar-refractivity contribution in [3.63, 3.8) is 0 Å². The van der Waals surface area contributed by atoms with Gasteiger partial charge < -0.3 is 11.1 Å². The third kappa shape index (κ3) is 2.91. The summed E-state index contributed by atoms with van der Waals surface area (Å²) >= 11 is 1.46. The molecule has 0 spiro atoms. The van der Waals surface area contributed by atoms with E-state index < -0.39 is 0 Å². The SMILES string of the molecule is CC1CCN(CC(=O)Nc2nc3ccc(N)cc3s2)C1. The van der Waals surface area contributed by atoms with Crippen LogP contribution in [-0.4, -0.2) is 35.4 Å². The Morgan fingerprint density at radius 3 is 3.20 bits per heavy atom. The van der Waals surface area contributed by atoms with E-state index in [0.717, 1.165) is 23.3 Å². The second kappa shape index (κ2) is 5.38. The van der Waals surface area contributed by atoms with Crippen LogP contribution in [-0.2, 0) is 4.79 Å². The molecule has 6 heteroatoms. The van der Waals surface area contributed by atoms with Gasteiger partial charge in [-0.25, -0.2) is 4.98 Å². The number of rotatable bonds is 3. The topological polar surface area (TPSA) is 71.2 Å². The van der Waals surface area contributed by atoms with Gasteiger partial charge in [0.05, 0.1) is 16.8 Å². The van der Waals surface area contributed by atoms with Gasteiger partial charge in [0.25, 0.3) is 0 Å². The van der Waals surface area contributed by atoms with Gasteiger partial charge in [0.1, 0.15) is 0 Å². The van der Waals surface area contributed by atoms with Crippen LogP contribution in [0.25, 0.3) is 10.2 Å². The maximum atomic E-state index is 12.0. The van der Waals surface area contributed by atoms with E-state index in [2.05, 4.69) is 22.1 Å². The van der Waals surface area contributed by atoms with E-state index in [1.807, 2.05) is 18.2 Å². The number of nitrogens with one attached hydrogen (secondary N) is 1. The first-order chi connectivity index (χ1) is 9.60. The van der Waals surface area contributed by atoms with Gasteiger partial charge in [-0.3, -0.25) is 9.69 Å². The number of carbonyl (C=O) groups is 1. The van der Waals surface area contributed by atoms with E-state index in [9.17, 15) is 4.79 Å². The lowest BCUT2D eigenvalue weighted by Crippen LogP contribution is -2.31. The molecule has 1 aliphatic heterocycles. The van der Waals surface area contributed by atoms with E-state index >= 15 is 0 Å². The number of nitrogens with zero attached hydrogens (tertiary/aromatic N) is 2. The van der Waals surface area contributed by atoms with Crippen molar-refractivity contribution in [3.05, 3.63) is 18.2 Å². The van der Waals surface area contributed by atoms with Gasteiger partial charge in [-0.05, 0) is 37.1 Å². The number of fused-ring (bicyclic) bond motifs is 1. The van der Waals surface area contributed by atoms with Crippen molar-refractivity contribution in [2.45, 2.75) is 13.3 Å². The van der Waals surface area contributed by atoms with Crippen LogP contribution >= 0.6 is 11.3 Å². The van der Waals surface area contributed by atoms with Crippen molar-refractivity contribution < 1.29 is 4.79 Å². The number of nitrogens with two attached hydrogens (primary N) is 1. The molecule has 1 aromatic heterocycles. The first-order valence-electron chi connectivity index (χ1n) is 6.78. The van der Waals surface area contributed by atoms with Crippen LogP contribution in [0.5, 0.6) is 0 Å². The van der Waals surface area contributed by atoms with Crippen LogP contribution in [0.1, 0.15) is 13.3 Å². The zero-order chi connectivity index (χ0) is 14.1. The summed E-state index contributed by atoms with van der Waals surface area (Å²) in [5.74, 6) is 0.694. The predicted octanol–water partition coefficient (Wildman–Crippen LogP) is 2.16. The van der Waals surface area contributed by atoms with Crippen LogP contribution in [0.4, 0.5) is 10.8 Å². The third-order valence-electron chi connectivity index (χ3n) is 3.53. The molecule has 5 nitrogen and oxygen atoms in total. The standard InChI is InChI=1S/C14H18N4OS/c1-9-4-5-18(7-9)8-13(19)17-14-16-11-3-2-10(15)6-12(11)20-14/h2-3,6,9H,4-5,7-8,15H2,1H3,(H,16,17,19). The molecular weight excluding hydrogens is 272 g/mol. The zero-order valence-corrected chi connectivity index (χ0v) is 12.2. The quantitative estimate of drug-likeness (QED) is 0.850. The van der Waals surface area contributed by atoms with Gasteiger partial charge in [0.15, 0.2) is 5.13 Å². The number of hydrogen-bond donors (Lipinski definition) is 2. The number of nitrogen functional groups attached to an aromatic ring is 1. The number of thiazole rings is 1. The van der Waals surface area contributed by atoms with E-state index in [1.54, 1.807) is 0 Å². The average Bonchev–Trinajstić information content (AvgIpc) is 2.94. The summed E-state index contributed by atoms with van der Waals surface area (Å²) in [5.41, 5.74) is 7.32. The summed E-state index contributed by atoms with van der Waals surface area (Å²) in [6.45, 7) is 4.67. The fraction of sp³-hybridized carbons (Fsp3) is 0.429. The second-order valence-electron chi connectivity index (χ2n) is 5.42. The molecule has 1 aromatic carbocycles. The number of aromatic nitrogens is 1. The lowest BCUT2D eigenvalue weighted by Gasteiger charge is -2.13. The van der Waals surface area contributed by atoms with Gasteiger partial charge in [-0.2, -0.15) is 0 Å². The second-order valence-corrected chi connectivity index (χ2v) is 6.45. The molecule has 20 heavy (non-hydrogen) atoms. The van der Waals surface area contributed by atoms with Crippen LogP contribution in [0.2, 0.25) is 0 Å². The number of amides is 1. The Morgan fingerprint density at radius 1 is 1.60 bits per heavy atom. The number of benzene rings is 1. The van der Waals surface area contributed by atoms with Crippen molar-refractivity contribution in [2.24, 2.45) is 5.92 Å². The minimum Gasteiger partial charge on any atom is -0.399 e. The first kappa shape index (κ1) is 13.3. The molecule has 3 rings (SSSR count). The molecular formula is C14H18N4OS. The number of carbonyl (C=O) groups excluding carboxylic acids is 1. The summed E-state index contributed by atoms with van der Waals surface area (Å²) < 4.78 is 0.995. The molecule has 106 valence electrons. The van der Waals surface area contributed by atoms with E-state index in [1.165, 1.54) is 17.8 Å². The smallest absolute Gasteiger partial charge is 0.240 e. The van der Waals surface area contributed by atoms with Crippen LogP contribution < -0.4 is 11.1 Å². The molecule has 2 aromatic rings. The molecule has 0 saturated carbocycles. The summed E-state index contributed by atoms with van der Waals surface area (Å²) in [5, 5.41) is 3.52. The monoisotopic (exact) mass is 290 g/mol. The molecule has 1 atom stereocenters. The molecule has 1 amide bonds. The highest BCUT2D eigenvalue weighted by Gasteiger charge is 2.21. The number of likely N-dealkylation sites (tertiary alicyclic amines) is 1. The fourth-order valence-electron chi connectivity index (χ4n) is 2.53. The average molecular weight is 290 g/mol. The number of hydrogen-bond acceptors (Lipinski definition) is 5. The van der Waals surface area contributed by atoms with Gasteiger partial charge >= 0.3 is 0 Å². The highest BCUT2D eigenvalue weighted by atomic mass is 32.1. The lowest BCUT2D eigenvalue weighted by molar-refractivity contribution is -0.117. The van der Waals surface area contributed by atoms with Crippen LogP contribution in [0, 0.1) is 5.92 Å². The van der Waals surface area contributed by atoms with Crippen molar-refractivity contribution in [2.75, 3.05) is 30.7 Å². The predicted molar refractivity (Wildman–Crippen MR) is 82.9 cm³/mol. The van der Waals surface area contributed by atoms with Crippen molar-refractivity contribution in [1.82, 2.24) is 9.88 Å². The van der Waals surface area contributed by atoms with E-state index in [-0.39, 0.29) is 5.91 Å². The van der Waals surface area contributed by atoms with Crippen molar-refractivity contribution in [3.8, 4) is 0 Å². The van der Waals surface area contributed by atoms with Gasteiger partial charge in [-0.15, -0.1) is 0 Å².